The van der Waals surface area contributed by atoms with Crippen molar-refractivity contribution in [1.29, 1.82) is 0 Å². The number of fused-ring (bicyclic) bond motifs is 1. The highest BCUT2D eigenvalue weighted by molar-refractivity contribution is 5.95. The van der Waals surface area contributed by atoms with Crippen LogP contribution in [0.5, 0.6) is 0 Å². The molecule has 0 bridgehead atoms. The van der Waals surface area contributed by atoms with E-state index >= 15 is 0 Å². The number of carbonyl (C=O) groups excluding carboxylic acids is 1. The fraction of sp³-hybridized carbons (Fsp3) is 0.263. The summed E-state index contributed by atoms with van der Waals surface area (Å²) in [5, 5.41) is 9.70. The average molecular weight is 357 g/mol. The lowest BCUT2D eigenvalue weighted by Crippen LogP contribution is -2.13. The molecule has 2 aromatic heterocycles. The minimum atomic E-state index is -0.481. The molecule has 0 aliphatic heterocycles. The number of aromatic nitrogens is 2. The Hall–Kier alpha value is -2.77. The van der Waals surface area contributed by atoms with E-state index in [9.17, 15) is 9.18 Å². The smallest absolute Gasteiger partial charge is 0.356 e. The zero-order valence-electron chi connectivity index (χ0n) is 14.4. The van der Waals surface area contributed by atoms with Crippen molar-refractivity contribution in [3.8, 4) is 0 Å². The van der Waals surface area contributed by atoms with E-state index < -0.39 is 5.97 Å². The molecule has 0 radical (unpaired) electrons. The molecule has 0 fully saturated rings. The standard InChI is InChI=1S/C19H20FN3O3/c1-26-19(24)18-16(3-2-9-22-25)15-8-10-23(17(15)11-21-18)12-13-4-6-14(20)7-5-13/h4-8,10-11,22,25H,2-3,9,12H2,1H3. The van der Waals surface area contributed by atoms with Crippen LogP contribution in [0.2, 0.25) is 0 Å². The first kappa shape index (κ1) is 18.0. The lowest BCUT2D eigenvalue weighted by atomic mass is 10.0. The Morgan fingerprint density at radius 1 is 1.31 bits per heavy atom. The van der Waals surface area contributed by atoms with Gasteiger partial charge in [-0.25, -0.2) is 19.6 Å². The molecular weight excluding hydrogens is 337 g/mol. The molecule has 1 aromatic carbocycles. The summed E-state index contributed by atoms with van der Waals surface area (Å²) in [4.78, 5) is 16.4. The number of pyridine rings is 1. The highest BCUT2D eigenvalue weighted by Gasteiger charge is 2.18. The third-order valence-electron chi connectivity index (χ3n) is 4.29. The summed E-state index contributed by atoms with van der Waals surface area (Å²) < 4.78 is 19.9. The second kappa shape index (κ2) is 8.07. The van der Waals surface area contributed by atoms with Crippen molar-refractivity contribution in [3.05, 3.63) is 65.4 Å². The van der Waals surface area contributed by atoms with Crippen LogP contribution < -0.4 is 5.48 Å². The highest BCUT2D eigenvalue weighted by atomic mass is 19.1. The second-order valence-electron chi connectivity index (χ2n) is 5.96. The molecule has 0 aliphatic rings. The highest BCUT2D eigenvalue weighted by Crippen LogP contribution is 2.25. The fourth-order valence-electron chi connectivity index (χ4n) is 3.01. The number of nitrogens with one attached hydrogen (secondary N) is 1. The maximum absolute atomic E-state index is 13.1. The van der Waals surface area contributed by atoms with Crippen molar-refractivity contribution in [2.75, 3.05) is 13.7 Å². The van der Waals surface area contributed by atoms with Gasteiger partial charge in [0.25, 0.3) is 0 Å². The van der Waals surface area contributed by atoms with Crippen molar-refractivity contribution in [1.82, 2.24) is 15.0 Å². The van der Waals surface area contributed by atoms with Gasteiger partial charge in [0.05, 0.1) is 18.8 Å². The number of methoxy groups -OCH3 is 1. The zero-order chi connectivity index (χ0) is 18.5. The number of hydrogen-bond acceptors (Lipinski definition) is 5. The van der Waals surface area contributed by atoms with Crippen LogP contribution in [0.4, 0.5) is 4.39 Å². The van der Waals surface area contributed by atoms with Crippen LogP contribution in [0.25, 0.3) is 10.9 Å². The van der Waals surface area contributed by atoms with Crippen LogP contribution in [0.15, 0.2) is 42.7 Å². The molecule has 6 nitrogen and oxygen atoms in total. The van der Waals surface area contributed by atoms with Crippen molar-refractivity contribution < 1.29 is 19.1 Å². The number of ether oxygens (including phenoxy) is 1. The van der Waals surface area contributed by atoms with Gasteiger partial charge in [0.2, 0.25) is 0 Å². The summed E-state index contributed by atoms with van der Waals surface area (Å²) in [6.07, 6.45) is 4.79. The van der Waals surface area contributed by atoms with E-state index in [0.717, 1.165) is 22.0 Å². The second-order valence-corrected chi connectivity index (χ2v) is 5.96. The fourth-order valence-corrected chi connectivity index (χ4v) is 3.01. The monoisotopic (exact) mass is 357 g/mol. The molecular formula is C19H20FN3O3. The molecule has 7 heteroatoms. The van der Waals surface area contributed by atoms with E-state index in [1.54, 1.807) is 18.3 Å². The predicted octanol–water partition coefficient (Wildman–Crippen LogP) is 2.92. The van der Waals surface area contributed by atoms with E-state index in [1.807, 2.05) is 16.8 Å². The van der Waals surface area contributed by atoms with Gasteiger partial charge in [-0.05, 0) is 42.2 Å². The molecule has 2 heterocycles. The molecule has 0 unspecified atom stereocenters. The Morgan fingerprint density at radius 2 is 2.08 bits per heavy atom. The third-order valence-corrected chi connectivity index (χ3v) is 4.29. The number of carbonyl (C=O) groups is 1. The molecule has 0 aliphatic carbocycles. The molecule has 0 saturated carbocycles. The van der Waals surface area contributed by atoms with Gasteiger partial charge >= 0.3 is 5.97 Å². The van der Waals surface area contributed by atoms with Crippen LogP contribution in [0, 0.1) is 5.82 Å². The summed E-state index contributed by atoms with van der Waals surface area (Å²) in [5.41, 5.74) is 5.05. The predicted molar refractivity (Wildman–Crippen MR) is 94.7 cm³/mol. The largest absolute Gasteiger partial charge is 0.464 e. The van der Waals surface area contributed by atoms with Crippen LogP contribution in [-0.4, -0.2) is 34.4 Å². The number of hydroxylamine groups is 1. The SMILES string of the molecule is COC(=O)c1ncc2c(ccn2Cc2ccc(F)cc2)c1CCCNO. The summed E-state index contributed by atoms with van der Waals surface area (Å²) >= 11 is 0. The number of benzene rings is 1. The van der Waals surface area contributed by atoms with Gasteiger partial charge in [0.15, 0.2) is 5.69 Å². The van der Waals surface area contributed by atoms with Gasteiger partial charge in [-0.2, -0.15) is 0 Å². The first-order valence-corrected chi connectivity index (χ1v) is 8.30. The molecule has 2 N–H and O–H groups in total. The van der Waals surface area contributed by atoms with Crippen LogP contribution >= 0.6 is 0 Å². The van der Waals surface area contributed by atoms with Crippen LogP contribution in [0.1, 0.15) is 28.0 Å². The van der Waals surface area contributed by atoms with Gasteiger partial charge in [-0.1, -0.05) is 12.1 Å². The van der Waals surface area contributed by atoms with Gasteiger partial charge in [0.1, 0.15) is 5.82 Å². The first-order chi connectivity index (χ1) is 12.6. The number of halogens is 1. The average Bonchev–Trinajstić information content (AvgIpc) is 3.06. The van der Waals surface area contributed by atoms with Crippen LogP contribution in [0.3, 0.4) is 0 Å². The first-order valence-electron chi connectivity index (χ1n) is 8.30. The summed E-state index contributed by atoms with van der Waals surface area (Å²) in [6.45, 7) is 0.980. The van der Waals surface area contributed by atoms with Crippen molar-refractivity contribution in [2.24, 2.45) is 0 Å². The summed E-state index contributed by atoms with van der Waals surface area (Å²) in [6, 6.07) is 8.29. The lowest BCUT2D eigenvalue weighted by Gasteiger charge is -2.11. The molecule has 3 aromatic rings. The molecule has 26 heavy (non-hydrogen) atoms. The Morgan fingerprint density at radius 3 is 2.77 bits per heavy atom. The minimum Gasteiger partial charge on any atom is -0.464 e. The normalized spacial score (nSPS) is 11.0. The Labute approximate surface area is 150 Å². The van der Waals surface area contributed by atoms with Crippen LogP contribution in [-0.2, 0) is 17.7 Å². The topological polar surface area (TPSA) is 76.4 Å². The molecule has 3 rings (SSSR count). The van der Waals surface area contributed by atoms with Gasteiger partial charge in [-0.3, -0.25) is 0 Å². The van der Waals surface area contributed by atoms with Crippen molar-refractivity contribution >= 4 is 16.9 Å². The molecule has 0 amide bonds. The van der Waals surface area contributed by atoms with E-state index in [0.29, 0.717) is 25.9 Å². The third kappa shape index (κ3) is 3.74. The number of rotatable bonds is 7. The van der Waals surface area contributed by atoms with E-state index in [1.165, 1.54) is 19.2 Å². The van der Waals surface area contributed by atoms with E-state index in [-0.39, 0.29) is 11.5 Å². The van der Waals surface area contributed by atoms with Gasteiger partial charge < -0.3 is 14.5 Å². The van der Waals surface area contributed by atoms with Gasteiger partial charge in [0, 0.05) is 24.7 Å². The Bertz CT molecular complexity index is 906. The number of hydrogen-bond donors (Lipinski definition) is 2. The van der Waals surface area contributed by atoms with Gasteiger partial charge in [-0.15, -0.1) is 0 Å². The van der Waals surface area contributed by atoms with E-state index in [2.05, 4.69) is 10.5 Å². The lowest BCUT2D eigenvalue weighted by molar-refractivity contribution is 0.0593. The summed E-state index contributed by atoms with van der Waals surface area (Å²) in [7, 11) is 1.33. The Balaban J connectivity index is 1.99. The zero-order valence-corrected chi connectivity index (χ0v) is 14.4. The molecule has 0 saturated heterocycles. The number of esters is 1. The molecule has 0 atom stereocenters. The van der Waals surface area contributed by atoms with Crippen molar-refractivity contribution in [2.45, 2.75) is 19.4 Å². The minimum absolute atomic E-state index is 0.268. The van der Waals surface area contributed by atoms with E-state index in [4.69, 9.17) is 9.94 Å². The number of aryl methyl sites for hydroxylation is 1. The Kier molecular flexibility index (Phi) is 5.60. The quantitative estimate of drug-likeness (QED) is 0.386. The molecule has 136 valence electrons. The maximum atomic E-state index is 13.1. The van der Waals surface area contributed by atoms with Crippen molar-refractivity contribution in [3.63, 3.8) is 0 Å². The number of nitrogens with zero attached hydrogens (tertiary/aromatic N) is 2. The molecule has 0 spiro atoms. The maximum Gasteiger partial charge on any atom is 0.356 e. The summed E-state index contributed by atoms with van der Waals surface area (Å²) in [5.74, 6) is -0.750.